The first-order valence-electron chi connectivity index (χ1n) is 5.29. The van der Waals surface area contributed by atoms with E-state index in [-0.39, 0.29) is 0 Å². The number of benzene rings is 2. The van der Waals surface area contributed by atoms with Gasteiger partial charge in [-0.3, -0.25) is 4.79 Å². The number of nitrogens with two attached hydrogens (primary N) is 2. The summed E-state index contributed by atoms with van der Waals surface area (Å²) in [5, 5.41) is 3.64. The molecule has 2 aromatic carbocycles. The molecule has 0 saturated heterocycles. The van der Waals surface area contributed by atoms with Gasteiger partial charge in [0.15, 0.2) is 0 Å². The number of rotatable bonds is 3. The quantitative estimate of drug-likeness (QED) is 0.743. The molecule has 2 rings (SSSR count). The molecule has 18 heavy (non-hydrogen) atoms. The molecule has 0 atom stereocenters. The highest BCUT2D eigenvalue weighted by atomic mass is 35.5. The highest BCUT2D eigenvalue weighted by molar-refractivity contribution is 6.33. The molecule has 5 N–H and O–H groups in total. The van der Waals surface area contributed by atoms with Crippen molar-refractivity contribution in [2.75, 3.05) is 11.1 Å². The molecule has 0 unspecified atom stereocenters. The molecule has 0 fully saturated rings. The number of para-hydroxylation sites is 1. The average Bonchev–Trinajstić information content (AvgIpc) is 2.34. The van der Waals surface area contributed by atoms with E-state index >= 15 is 0 Å². The zero-order chi connectivity index (χ0) is 13.1. The molecule has 0 aliphatic heterocycles. The van der Waals surface area contributed by atoms with E-state index in [2.05, 4.69) is 5.32 Å². The van der Waals surface area contributed by atoms with Crippen LogP contribution in [0.5, 0.6) is 0 Å². The lowest BCUT2D eigenvalue weighted by atomic mass is 10.1. The second kappa shape index (κ2) is 4.98. The first-order chi connectivity index (χ1) is 8.58. The summed E-state index contributed by atoms with van der Waals surface area (Å²) < 4.78 is 0. The molecule has 0 aliphatic rings. The third kappa shape index (κ3) is 2.55. The number of nitrogens with one attached hydrogen (secondary N) is 1. The molecular weight excluding hydrogens is 250 g/mol. The lowest BCUT2D eigenvalue weighted by molar-refractivity contribution is 0.100. The summed E-state index contributed by atoms with van der Waals surface area (Å²) in [6.07, 6.45) is 0. The Morgan fingerprint density at radius 3 is 2.50 bits per heavy atom. The Morgan fingerprint density at radius 1 is 1.11 bits per heavy atom. The molecule has 0 aliphatic carbocycles. The molecule has 5 heteroatoms. The van der Waals surface area contributed by atoms with E-state index in [1.54, 1.807) is 24.3 Å². The van der Waals surface area contributed by atoms with E-state index in [9.17, 15) is 4.79 Å². The summed E-state index contributed by atoms with van der Waals surface area (Å²) in [4.78, 5) is 11.1. The van der Waals surface area contributed by atoms with Gasteiger partial charge >= 0.3 is 0 Å². The van der Waals surface area contributed by atoms with Crippen LogP contribution in [0.25, 0.3) is 0 Å². The van der Waals surface area contributed by atoms with Gasteiger partial charge in [0.25, 0.3) is 0 Å². The van der Waals surface area contributed by atoms with Gasteiger partial charge in [-0.2, -0.15) is 0 Å². The van der Waals surface area contributed by atoms with Crippen LogP contribution in [-0.4, -0.2) is 5.91 Å². The number of carbonyl (C=O) groups excluding carboxylic acids is 1. The van der Waals surface area contributed by atoms with Crippen molar-refractivity contribution in [1.29, 1.82) is 0 Å². The second-order valence-corrected chi connectivity index (χ2v) is 4.18. The third-order valence-electron chi connectivity index (χ3n) is 2.48. The lowest BCUT2D eigenvalue weighted by Crippen LogP contribution is -2.11. The Balaban J connectivity index is 2.37. The zero-order valence-electron chi connectivity index (χ0n) is 9.48. The van der Waals surface area contributed by atoms with Gasteiger partial charge in [-0.05, 0) is 30.3 Å². The number of primary amides is 1. The monoisotopic (exact) mass is 261 g/mol. The van der Waals surface area contributed by atoms with E-state index in [0.717, 1.165) is 0 Å². The number of hydrogen-bond donors (Lipinski definition) is 3. The highest BCUT2D eigenvalue weighted by Crippen LogP contribution is 2.28. The Labute approximate surface area is 110 Å². The van der Waals surface area contributed by atoms with Crippen molar-refractivity contribution in [2.45, 2.75) is 0 Å². The molecule has 1 amide bonds. The predicted octanol–water partition coefficient (Wildman–Crippen LogP) is 2.76. The standard InChI is InChI=1S/C13H12ClN3O/c14-9-3-1-2-4-11(9)17-12-7-8(13(16)18)5-6-10(12)15/h1-7,17H,15H2,(H2,16,18). The first kappa shape index (κ1) is 12.3. The van der Waals surface area contributed by atoms with Gasteiger partial charge < -0.3 is 16.8 Å². The first-order valence-corrected chi connectivity index (χ1v) is 5.66. The van der Waals surface area contributed by atoms with Crippen molar-refractivity contribution in [3.8, 4) is 0 Å². The number of halogens is 1. The van der Waals surface area contributed by atoms with Crippen LogP contribution in [0.2, 0.25) is 5.02 Å². The fraction of sp³-hybridized carbons (Fsp3) is 0. The minimum absolute atomic E-state index is 0.388. The van der Waals surface area contributed by atoms with Crippen LogP contribution in [-0.2, 0) is 0 Å². The molecule has 0 saturated carbocycles. The van der Waals surface area contributed by atoms with Crippen molar-refractivity contribution in [1.82, 2.24) is 0 Å². The number of anilines is 3. The van der Waals surface area contributed by atoms with Crippen LogP contribution in [0.1, 0.15) is 10.4 Å². The van der Waals surface area contributed by atoms with Gasteiger partial charge in [0.1, 0.15) is 0 Å². The Hall–Kier alpha value is -2.20. The van der Waals surface area contributed by atoms with Crippen LogP contribution in [0.15, 0.2) is 42.5 Å². The fourth-order valence-corrected chi connectivity index (χ4v) is 1.71. The van der Waals surface area contributed by atoms with E-state index in [4.69, 9.17) is 23.1 Å². The fourth-order valence-electron chi connectivity index (χ4n) is 1.53. The molecule has 2 aromatic rings. The van der Waals surface area contributed by atoms with Gasteiger partial charge in [-0.15, -0.1) is 0 Å². The van der Waals surface area contributed by atoms with Crippen molar-refractivity contribution < 1.29 is 4.79 Å². The topological polar surface area (TPSA) is 81.1 Å². The molecule has 0 bridgehead atoms. The van der Waals surface area contributed by atoms with Crippen LogP contribution in [0, 0.1) is 0 Å². The maximum Gasteiger partial charge on any atom is 0.248 e. The average molecular weight is 262 g/mol. The van der Waals surface area contributed by atoms with Gasteiger partial charge in [0.2, 0.25) is 5.91 Å². The molecular formula is C13H12ClN3O. The highest BCUT2D eigenvalue weighted by Gasteiger charge is 2.06. The van der Waals surface area contributed by atoms with Crippen molar-refractivity contribution in [3.63, 3.8) is 0 Å². The minimum Gasteiger partial charge on any atom is -0.397 e. The summed E-state index contributed by atoms with van der Waals surface area (Å²) in [7, 11) is 0. The molecule has 0 radical (unpaired) electrons. The van der Waals surface area contributed by atoms with Crippen LogP contribution < -0.4 is 16.8 Å². The van der Waals surface area contributed by atoms with Gasteiger partial charge in [0, 0.05) is 5.56 Å². The predicted molar refractivity (Wildman–Crippen MR) is 74.1 cm³/mol. The second-order valence-electron chi connectivity index (χ2n) is 3.77. The van der Waals surface area contributed by atoms with Gasteiger partial charge in [0.05, 0.1) is 22.1 Å². The van der Waals surface area contributed by atoms with Crippen LogP contribution in [0.4, 0.5) is 17.1 Å². The van der Waals surface area contributed by atoms with Gasteiger partial charge in [-0.1, -0.05) is 23.7 Å². The van der Waals surface area contributed by atoms with Crippen LogP contribution in [0.3, 0.4) is 0 Å². The number of amides is 1. The van der Waals surface area contributed by atoms with E-state index in [1.807, 2.05) is 18.2 Å². The normalized spacial score (nSPS) is 10.1. The molecule has 0 heterocycles. The van der Waals surface area contributed by atoms with E-state index < -0.39 is 5.91 Å². The molecule has 4 nitrogen and oxygen atoms in total. The minimum atomic E-state index is -0.503. The number of nitrogen functional groups attached to an aromatic ring is 1. The number of hydrogen-bond acceptors (Lipinski definition) is 3. The molecule has 0 spiro atoms. The largest absolute Gasteiger partial charge is 0.397 e. The van der Waals surface area contributed by atoms with Crippen molar-refractivity contribution >= 4 is 34.6 Å². The van der Waals surface area contributed by atoms with Crippen molar-refractivity contribution in [2.24, 2.45) is 5.73 Å². The third-order valence-corrected chi connectivity index (χ3v) is 2.81. The lowest BCUT2D eigenvalue weighted by Gasteiger charge is -2.11. The Bertz CT molecular complexity index is 599. The zero-order valence-corrected chi connectivity index (χ0v) is 10.2. The van der Waals surface area contributed by atoms with Crippen molar-refractivity contribution in [3.05, 3.63) is 53.1 Å². The summed E-state index contributed by atoms with van der Waals surface area (Å²) in [6, 6.07) is 12.1. The summed E-state index contributed by atoms with van der Waals surface area (Å²) in [6.45, 7) is 0. The maximum atomic E-state index is 11.1. The number of carbonyl (C=O) groups is 1. The Kier molecular flexibility index (Phi) is 3.39. The summed E-state index contributed by atoms with van der Waals surface area (Å²) >= 11 is 6.03. The maximum absolute atomic E-state index is 11.1. The van der Waals surface area contributed by atoms with Crippen LogP contribution >= 0.6 is 11.6 Å². The van der Waals surface area contributed by atoms with E-state index in [0.29, 0.717) is 27.6 Å². The smallest absolute Gasteiger partial charge is 0.248 e. The van der Waals surface area contributed by atoms with E-state index in [1.165, 1.54) is 0 Å². The van der Waals surface area contributed by atoms with Gasteiger partial charge in [-0.25, -0.2) is 0 Å². The summed E-state index contributed by atoms with van der Waals surface area (Å²) in [5.41, 5.74) is 13.3. The summed E-state index contributed by atoms with van der Waals surface area (Å²) in [5.74, 6) is -0.503. The SMILES string of the molecule is NC(=O)c1ccc(N)c(Nc2ccccc2Cl)c1. The Morgan fingerprint density at radius 2 is 1.83 bits per heavy atom. The molecule has 0 aromatic heterocycles. The molecule has 92 valence electrons.